The fourth-order valence-electron chi connectivity index (χ4n) is 9.41. The molecule has 0 unspecified atom stereocenters. The third kappa shape index (κ3) is 2.70. The molecule has 0 aromatic heterocycles. The van der Waals surface area contributed by atoms with E-state index < -0.39 is 19.1 Å². The molecule has 0 aliphatic carbocycles. The molecule has 1 nitrogen and oxygen atoms in total. The Bertz CT molecular complexity index is 2260. The molecule has 0 saturated heterocycles. The first-order valence-corrected chi connectivity index (χ1v) is 15.0. The second-order valence-corrected chi connectivity index (χ2v) is 13.7. The first-order valence-electron chi connectivity index (χ1n) is 18.0. The van der Waals surface area contributed by atoms with Crippen molar-refractivity contribution in [1.29, 1.82) is 0 Å². The van der Waals surface area contributed by atoms with Crippen molar-refractivity contribution in [1.82, 2.24) is 0 Å². The molecule has 0 N–H and O–H groups in total. The van der Waals surface area contributed by atoms with E-state index in [0.717, 1.165) is 50.0 Å². The number of nitrogens with zero attached hydrogens (tertiary/aromatic N) is 1. The summed E-state index contributed by atoms with van der Waals surface area (Å²) >= 11 is 0. The number of hydrogen-bond donors (Lipinski definition) is 0. The zero-order valence-corrected chi connectivity index (χ0v) is 24.7. The van der Waals surface area contributed by atoms with Crippen LogP contribution < -0.4 is 37.7 Å². The molecule has 0 spiro atoms. The van der Waals surface area contributed by atoms with E-state index >= 15 is 0 Å². The smallest absolute Gasteiger partial charge is 0.247 e. The van der Waals surface area contributed by atoms with Crippen molar-refractivity contribution in [3.63, 3.8) is 0 Å². The predicted molar refractivity (Wildman–Crippen MR) is 182 cm³/mol. The zero-order valence-electron chi connectivity index (χ0n) is 30.7. The molecule has 5 aromatic carbocycles. The Labute approximate surface area is 259 Å². The van der Waals surface area contributed by atoms with Crippen LogP contribution in [0.3, 0.4) is 0 Å². The van der Waals surface area contributed by atoms with E-state index in [9.17, 15) is 0 Å². The van der Waals surface area contributed by atoms with Gasteiger partial charge in [-0.25, -0.2) is 0 Å². The molecular formula is C39H35B2N. The molecule has 0 amide bonds. The molecule has 3 heteroatoms. The summed E-state index contributed by atoms with van der Waals surface area (Å²) in [6, 6.07) is 29.1. The second kappa shape index (κ2) is 7.70. The molecule has 4 aliphatic rings. The maximum absolute atomic E-state index is 8.69. The van der Waals surface area contributed by atoms with Crippen LogP contribution >= 0.6 is 0 Å². The van der Waals surface area contributed by atoms with Gasteiger partial charge in [0, 0.05) is 36.1 Å². The summed E-state index contributed by atoms with van der Waals surface area (Å²) in [7, 11) is 0. The summed E-state index contributed by atoms with van der Waals surface area (Å²) in [5, 5.41) is 0. The van der Waals surface area contributed by atoms with Crippen molar-refractivity contribution in [3.05, 3.63) is 124 Å². The van der Waals surface area contributed by atoms with Gasteiger partial charge in [-0.3, -0.25) is 0 Å². The molecule has 0 fully saturated rings. The Kier molecular flexibility index (Phi) is 3.53. The third-order valence-corrected chi connectivity index (χ3v) is 10.9. The monoisotopic (exact) mass is 545 g/mol. The molecule has 0 atom stereocenters. The minimum absolute atomic E-state index is 0.149. The van der Waals surface area contributed by atoms with Crippen LogP contribution in [0, 0.1) is 20.6 Å². The van der Waals surface area contributed by atoms with Gasteiger partial charge in [0.05, 0.1) is 0 Å². The van der Waals surface area contributed by atoms with Gasteiger partial charge in [0.2, 0.25) is 13.4 Å². The average Bonchev–Trinajstić information content (AvgIpc) is 3.02. The lowest BCUT2D eigenvalue weighted by Gasteiger charge is -2.51. The fraction of sp³-hybridized carbons (Fsp3) is 0.231. The minimum Gasteiger partial charge on any atom is -0.313 e. The van der Waals surface area contributed by atoms with Crippen molar-refractivity contribution in [2.45, 2.75) is 59.2 Å². The van der Waals surface area contributed by atoms with E-state index in [2.05, 4.69) is 88.0 Å². The zero-order chi connectivity index (χ0) is 33.9. The summed E-state index contributed by atoms with van der Waals surface area (Å²) in [5.74, 6) is 0. The molecule has 0 saturated carbocycles. The molecule has 202 valence electrons. The molecule has 5 aromatic rings. The van der Waals surface area contributed by atoms with E-state index in [1.165, 1.54) is 27.6 Å². The Morgan fingerprint density at radius 3 is 1.62 bits per heavy atom. The van der Waals surface area contributed by atoms with Gasteiger partial charge in [0.15, 0.2) is 0 Å². The van der Waals surface area contributed by atoms with Gasteiger partial charge in [0.1, 0.15) is 0 Å². The lowest BCUT2D eigenvalue weighted by molar-refractivity contribution is 0.640. The van der Waals surface area contributed by atoms with E-state index in [0.29, 0.717) is 11.1 Å². The summed E-state index contributed by atoms with van der Waals surface area (Å²) in [5.41, 5.74) is 14.9. The Balaban J connectivity index is 1.50. The fourth-order valence-corrected chi connectivity index (χ4v) is 9.41. The molecule has 42 heavy (non-hydrogen) atoms. The number of anilines is 3. The van der Waals surface area contributed by atoms with Crippen LogP contribution in [0.2, 0.25) is 0 Å². The lowest BCUT2D eigenvalue weighted by Crippen LogP contribution is -2.70. The van der Waals surface area contributed by atoms with Crippen LogP contribution in [0.15, 0.2) is 84.9 Å². The number of benzene rings is 5. The van der Waals surface area contributed by atoms with Crippen LogP contribution in [0.5, 0.6) is 0 Å². The summed E-state index contributed by atoms with van der Waals surface area (Å²) in [6.45, 7) is 5.90. The van der Waals surface area contributed by atoms with Crippen molar-refractivity contribution in [2.24, 2.45) is 0 Å². The van der Waals surface area contributed by atoms with Crippen molar-refractivity contribution in [2.75, 3.05) is 4.90 Å². The summed E-state index contributed by atoms with van der Waals surface area (Å²) < 4.78 is 52.1. The maximum Gasteiger partial charge on any atom is 0.247 e. The summed E-state index contributed by atoms with van der Waals surface area (Å²) in [6.07, 6.45) is 0. The topological polar surface area (TPSA) is 3.24 Å². The first-order chi connectivity index (χ1) is 22.5. The van der Waals surface area contributed by atoms with Gasteiger partial charge in [-0.15, -0.1) is 0 Å². The first kappa shape index (κ1) is 19.3. The number of hydrogen-bond acceptors (Lipinski definition) is 1. The van der Waals surface area contributed by atoms with Crippen molar-refractivity contribution >= 4 is 63.3 Å². The Morgan fingerprint density at radius 1 is 0.595 bits per heavy atom. The van der Waals surface area contributed by atoms with Gasteiger partial charge in [-0.05, 0) is 88.0 Å². The minimum atomic E-state index is -2.34. The van der Waals surface area contributed by atoms with E-state index in [-0.39, 0.29) is 18.8 Å². The molecule has 0 radical (unpaired) electrons. The average molecular weight is 545 g/mol. The van der Waals surface area contributed by atoms with Crippen LogP contribution in [0.25, 0.3) is 0 Å². The molecule has 9 rings (SSSR count). The van der Waals surface area contributed by atoms with E-state index in [4.69, 9.17) is 8.22 Å². The maximum atomic E-state index is 8.69. The molecular weight excluding hydrogens is 504 g/mol. The van der Waals surface area contributed by atoms with Crippen molar-refractivity contribution < 1.29 is 8.22 Å². The molecule has 4 aliphatic heterocycles. The quantitative estimate of drug-likeness (QED) is 0.242. The van der Waals surface area contributed by atoms with Crippen LogP contribution in [-0.4, -0.2) is 13.4 Å². The SMILES string of the molecule is [2H]C([2H])([2H])c1cc2c3c(c1)B1c4ccccc4C(C)(C)c4c(C([2H])([2H])[2H])ccc(c41)N3c1ccc(C)c3c1B2c1ccccc1C3(C)C. The highest BCUT2D eigenvalue weighted by Gasteiger charge is 2.52. The largest absolute Gasteiger partial charge is 0.313 e. The van der Waals surface area contributed by atoms with Crippen LogP contribution in [0.1, 0.15) is 74.9 Å². The Hall–Kier alpha value is -3.97. The van der Waals surface area contributed by atoms with Gasteiger partial charge in [-0.1, -0.05) is 117 Å². The normalized spacial score (nSPS) is 19.9. The molecule has 0 bridgehead atoms. The van der Waals surface area contributed by atoms with Crippen molar-refractivity contribution in [3.8, 4) is 0 Å². The number of rotatable bonds is 0. The third-order valence-electron chi connectivity index (χ3n) is 10.9. The molecule has 4 heterocycles. The van der Waals surface area contributed by atoms with Crippen LogP contribution in [0.4, 0.5) is 17.1 Å². The van der Waals surface area contributed by atoms with Gasteiger partial charge in [0.25, 0.3) is 0 Å². The highest BCUT2D eigenvalue weighted by molar-refractivity contribution is 7.03. The van der Waals surface area contributed by atoms with E-state index in [1.807, 2.05) is 36.4 Å². The second-order valence-electron chi connectivity index (χ2n) is 13.7. The standard InChI is InChI=1S/C39H35B2N/c1-22-20-29-37-30(21-22)41-28-15-11-9-13-26(28)39(6,7)34-24(3)17-19-32(36(34)41)42(37)31-18-16-23(2)33-35(31)40(29)27-14-10-8-12-25(27)38(33,4)5/h8-21H,1-7H3/i1D3,2D3. The van der Waals surface area contributed by atoms with Crippen LogP contribution in [-0.2, 0) is 10.8 Å². The number of fused-ring (bicyclic) bond motifs is 8. The predicted octanol–water partition coefficient (Wildman–Crippen LogP) is 5.02. The lowest BCUT2D eigenvalue weighted by atomic mass is 9.26. The highest BCUT2D eigenvalue weighted by atomic mass is 15.2. The highest BCUT2D eigenvalue weighted by Crippen LogP contribution is 2.46. The number of aryl methyl sites for hydroxylation is 3. The Morgan fingerprint density at radius 2 is 1.10 bits per heavy atom. The summed E-state index contributed by atoms with van der Waals surface area (Å²) in [4.78, 5) is 2.34. The van der Waals surface area contributed by atoms with Gasteiger partial charge >= 0.3 is 0 Å². The van der Waals surface area contributed by atoms with Gasteiger partial charge in [-0.2, -0.15) is 0 Å². The van der Waals surface area contributed by atoms with E-state index in [1.54, 1.807) is 0 Å². The van der Waals surface area contributed by atoms with Gasteiger partial charge < -0.3 is 4.90 Å².